The van der Waals surface area contributed by atoms with Gasteiger partial charge in [-0.15, -0.1) is 0 Å². The Morgan fingerprint density at radius 2 is 1.83 bits per heavy atom. The van der Waals surface area contributed by atoms with Crippen molar-refractivity contribution >= 4 is 45.5 Å². The molecule has 2 rings (SSSR count). The molecule has 0 spiro atoms. The van der Waals surface area contributed by atoms with Crippen molar-refractivity contribution < 1.29 is 24.4 Å². The van der Waals surface area contributed by atoms with Crippen LogP contribution in [0.1, 0.15) is 22.8 Å². The van der Waals surface area contributed by atoms with Crippen molar-refractivity contribution in [3.8, 4) is 0 Å². The molecule has 0 aromatic heterocycles. The van der Waals surface area contributed by atoms with Gasteiger partial charge in [-0.3, -0.25) is 24.5 Å². The van der Waals surface area contributed by atoms with Crippen LogP contribution in [0.2, 0.25) is 0 Å². The number of benzene rings is 2. The van der Waals surface area contributed by atoms with E-state index in [0.29, 0.717) is 10.0 Å². The molecule has 3 N–H and O–H groups in total. The van der Waals surface area contributed by atoms with Crippen LogP contribution >= 0.6 is 15.9 Å². The first-order valence-electron chi connectivity index (χ1n) is 8.24. The molecule has 2 aromatic carbocycles. The van der Waals surface area contributed by atoms with E-state index in [1.807, 2.05) is 0 Å². The Morgan fingerprint density at radius 1 is 1.17 bits per heavy atom. The highest BCUT2D eigenvalue weighted by atomic mass is 79.9. The fourth-order valence-corrected chi connectivity index (χ4v) is 2.58. The predicted octanol–water partition coefficient (Wildman–Crippen LogP) is 2.72. The summed E-state index contributed by atoms with van der Waals surface area (Å²) in [4.78, 5) is 46.2. The van der Waals surface area contributed by atoms with Crippen LogP contribution in [0.5, 0.6) is 0 Å². The minimum absolute atomic E-state index is 0.133. The molecule has 0 aliphatic carbocycles. The third-order valence-corrected chi connectivity index (χ3v) is 4.21. The molecular formula is C19H16BrN3O6. The summed E-state index contributed by atoms with van der Waals surface area (Å²) in [6.45, 7) is 1.28. The summed E-state index contributed by atoms with van der Waals surface area (Å²) in [5.74, 6) is -2.65. The molecule has 0 unspecified atom stereocenters. The molecule has 1 atom stereocenters. The predicted molar refractivity (Wildman–Crippen MR) is 108 cm³/mol. The number of nitro groups is 1. The second-order valence-corrected chi connectivity index (χ2v) is 6.82. The molecule has 150 valence electrons. The summed E-state index contributed by atoms with van der Waals surface area (Å²) < 4.78 is 0.662. The third-order valence-electron chi connectivity index (χ3n) is 3.71. The van der Waals surface area contributed by atoms with Crippen LogP contribution in [0, 0.1) is 10.1 Å². The number of amides is 2. The summed E-state index contributed by atoms with van der Waals surface area (Å²) in [6, 6.07) is 10.6. The van der Waals surface area contributed by atoms with Gasteiger partial charge in [0.25, 0.3) is 17.5 Å². The lowest BCUT2D eigenvalue weighted by atomic mass is 10.1. The van der Waals surface area contributed by atoms with Gasteiger partial charge < -0.3 is 15.7 Å². The van der Waals surface area contributed by atoms with Crippen molar-refractivity contribution in [3.63, 3.8) is 0 Å². The molecule has 0 heterocycles. The van der Waals surface area contributed by atoms with E-state index in [1.54, 1.807) is 24.3 Å². The van der Waals surface area contributed by atoms with E-state index in [4.69, 9.17) is 5.11 Å². The normalized spacial score (nSPS) is 12.0. The number of carboxylic acids is 1. The number of halogens is 1. The molecule has 0 aliphatic heterocycles. The highest BCUT2D eigenvalue weighted by Crippen LogP contribution is 2.15. The molecule has 2 aromatic rings. The number of non-ortho nitro benzene ring substituents is 1. The first-order chi connectivity index (χ1) is 13.7. The number of hydrogen-bond acceptors (Lipinski definition) is 5. The Kier molecular flexibility index (Phi) is 7.21. The summed E-state index contributed by atoms with van der Waals surface area (Å²) in [6.07, 6.45) is 1.30. The highest BCUT2D eigenvalue weighted by Gasteiger charge is 2.20. The number of rotatable bonds is 7. The van der Waals surface area contributed by atoms with Crippen LogP contribution < -0.4 is 10.6 Å². The topological polar surface area (TPSA) is 139 Å². The molecular weight excluding hydrogens is 446 g/mol. The van der Waals surface area contributed by atoms with Crippen molar-refractivity contribution in [1.29, 1.82) is 0 Å². The monoisotopic (exact) mass is 461 g/mol. The fourth-order valence-electron chi connectivity index (χ4n) is 2.18. The van der Waals surface area contributed by atoms with Gasteiger partial charge in [-0.2, -0.15) is 0 Å². The second-order valence-electron chi connectivity index (χ2n) is 5.90. The van der Waals surface area contributed by atoms with Crippen LogP contribution in [0.4, 0.5) is 5.69 Å². The van der Waals surface area contributed by atoms with E-state index >= 15 is 0 Å². The Hall–Kier alpha value is -3.53. The minimum atomic E-state index is -1.24. The molecule has 10 heteroatoms. The van der Waals surface area contributed by atoms with E-state index in [2.05, 4.69) is 26.6 Å². The van der Waals surface area contributed by atoms with Crippen molar-refractivity contribution in [2.24, 2.45) is 0 Å². The molecule has 0 bridgehead atoms. The molecule has 0 aliphatic rings. The zero-order valence-electron chi connectivity index (χ0n) is 15.1. The molecule has 0 saturated heterocycles. The van der Waals surface area contributed by atoms with Crippen LogP contribution in [0.3, 0.4) is 0 Å². The number of nitrogens with one attached hydrogen (secondary N) is 2. The molecule has 9 nitrogen and oxygen atoms in total. The molecule has 0 saturated carbocycles. The third kappa shape index (κ3) is 6.25. The van der Waals surface area contributed by atoms with Gasteiger partial charge in [0.2, 0.25) is 0 Å². The van der Waals surface area contributed by atoms with Crippen molar-refractivity contribution in [3.05, 3.63) is 79.9 Å². The Labute approximate surface area is 173 Å². The number of carbonyl (C=O) groups excluding carboxylic acids is 2. The van der Waals surface area contributed by atoms with E-state index in [-0.39, 0.29) is 16.9 Å². The van der Waals surface area contributed by atoms with Crippen LogP contribution in [-0.2, 0) is 9.59 Å². The number of nitrogens with zero attached hydrogens (tertiary/aromatic N) is 1. The van der Waals surface area contributed by atoms with E-state index in [9.17, 15) is 24.5 Å². The number of carbonyl (C=O) groups is 3. The van der Waals surface area contributed by atoms with E-state index < -0.39 is 28.7 Å². The van der Waals surface area contributed by atoms with Gasteiger partial charge in [-0.25, -0.2) is 0 Å². The fraction of sp³-hybridized carbons (Fsp3) is 0.105. The highest BCUT2D eigenvalue weighted by molar-refractivity contribution is 9.10. The smallest absolute Gasteiger partial charge is 0.325 e. The summed E-state index contributed by atoms with van der Waals surface area (Å²) in [7, 11) is 0. The largest absolute Gasteiger partial charge is 0.480 e. The Balaban J connectivity index is 2.33. The number of hydrogen-bond donors (Lipinski definition) is 3. The summed E-state index contributed by atoms with van der Waals surface area (Å²) in [5.41, 5.74) is 0.328. The lowest BCUT2D eigenvalue weighted by Crippen LogP contribution is -2.42. The van der Waals surface area contributed by atoms with Gasteiger partial charge in [-0.05, 0) is 48.9 Å². The minimum Gasteiger partial charge on any atom is -0.480 e. The SMILES string of the molecule is C[C@@H](NC(=O)/C(=C/c1ccc([N+](=O)[O-])cc1)NC(=O)c1cccc(Br)c1)C(=O)O. The number of nitro benzene ring substituents is 1. The van der Waals surface area contributed by atoms with Gasteiger partial charge in [0.05, 0.1) is 4.92 Å². The lowest BCUT2D eigenvalue weighted by molar-refractivity contribution is -0.384. The number of aliphatic carboxylic acids is 1. The average Bonchev–Trinajstić information content (AvgIpc) is 2.67. The van der Waals surface area contributed by atoms with Crippen molar-refractivity contribution in [2.45, 2.75) is 13.0 Å². The van der Waals surface area contributed by atoms with Gasteiger partial charge in [0.15, 0.2) is 0 Å². The van der Waals surface area contributed by atoms with Crippen LogP contribution in [-0.4, -0.2) is 33.9 Å². The van der Waals surface area contributed by atoms with Gasteiger partial charge in [0.1, 0.15) is 11.7 Å². The van der Waals surface area contributed by atoms with Gasteiger partial charge >= 0.3 is 5.97 Å². The van der Waals surface area contributed by atoms with Crippen molar-refractivity contribution in [2.75, 3.05) is 0 Å². The Morgan fingerprint density at radius 3 is 2.38 bits per heavy atom. The van der Waals surface area contributed by atoms with Crippen LogP contribution in [0.15, 0.2) is 58.7 Å². The standard InChI is InChI=1S/C19H16BrN3O6/c1-11(19(26)27)21-18(25)16(9-12-5-7-15(8-6-12)23(28)29)22-17(24)13-3-2-4-14(20)10-13/h2-11H,1H3,(H,21,25)(H,22,24)(H,26,27)/b16-9-/t11-/m1/s1. The first-order valence-corrected chi connectivity index (χ1v) is 9.03. The summed E-state index contributed by atoms with van der Waals surface area (Å²) in [5, 5.41) is 24.5. The first kappa shape index (κ1) is 21.8. The lowest BCUT2D eigenvalue weighted by Gasteiger charge is -2.13. The summed E-state index contributed by atoms with van der Waals surface area (Å²) >= 11 is 3.25. The average molecular weight is 462 g/mol. The van der Waals surface area contributed by atoms with Crippen LogP contribution in [0.25, 0.3) is 6.08 Å². The van der Waals surface area contributed by atoms with Crippen molar-refractivity contribution in [1.82, 2.24) is 10.6 Å². The molecule has 29 heavy (non-hydrogen) atoms. The van der Waals surface area contributed by atoms with E-state index in [1.165, 1.54) is 37.3 Å². The maximum absolute atomic E-state index is 12.5. The van der Waals surface area contributed by atoms with Gasteiger partial charge in [0, 0.05) is 22.2 Å². The number of carboxylic acid groups (broad SMARTS) is 1. The Bertz CT molecular complexity index is 988. The zero-order valence-corrected chi connectivity index (χ0v) is 16.7. The van der Waals surface area contributed by atoms with Gasteiger partial charge in [-0.1, -0.05) is 22.0 Å². The maximum atomic E-state index is 12.5. The molecule has 2 amide bonds. The maximum Gasteiger partial charge on any atom is 0.325 e. The quantitative estimate of drug-likeness (QED) is 0.329. The zero-order chi connectivity index (χ0) is 21.6. The van der Waals surface area contributed by atoms with E-state index in [0.717, 1.165) is 0 Å². The molecule has 0 radical (unpaired) electrons. The second kappa shape index (κ2) is 9.60. The molecule has 0 fully saturated rings.